The number of imide groups is 1. The fourth-order valence-corrected chi connectivity index (χ4v) is 2.25. The lowest BCUT2D eigenvalue weighted by Crippen LogP contribution is -2.37. The molecule has 2 rings (SSSR count). The van der Waals surface area contributed by atoms with Gasteiger partial charge in [0.15, 0.2) is 18.1 Å². The van der Waals surface area contributed by atoms with Crippen LogP contribution in [0.15, 0.2) is 12.1 Å². The Morgan fingerprint density at radius 2 is 1.83 bits per heavy atom. The first-order chi connectivity index (χ1) is 11.5. The molecule has 0 unspecified atom stereocenters. The number of hydrogen-bond acceptors (Lipinski definition) is 7. The van der Waals surface area contributed by atoms with Crippen LogP contribution in [0.1, 0.15) is 10.4 Å². The molecule has 1 aliphatic heterocycles. The lowest BCUT2D eigenvalue weighted by Gasteiger charge is -2.16. The van der Waals surface area contributed by atoms with E-state index in [2.05, 4.69) is 5.32 Å². The Morgan fingerprint density at radius 1 is 1.12 bits per heavy atom. The molecular weight excluding hydrogens is 320 g/mol. The molecule has 0 aliphatic carbocycles. The number of urea groups is 1. The Kier molecular flexibility index (Phi) is 5.46. The van der Waals surface area contributed by atoms with Crippen LogP contribution in [0.2, 0.25) is 0 Å². The molecule has 0 atom stereocenters. The van der Waals surface area contributed by atoms with Crippen molar-refractivity contribution >= 4 is 17.9 Å². The number of ether oxygens (including phenoxy) is 4. The Bertz CT molecular complexity index is 659. The average Bonchev–Trinajstić information content (AvgIpc) is 3.03. The molecule has 1 fully saturated rings. The van der Waals surface area contributed by atoms with E-state index >= 15 is 0 Å². The second-order valence-electron chi connectivity index (χ2n) is 4.74. The SMILES string of the molecule is COc1ccc(C(=O)OCC(=O)N2CCNC2=O)c(OC)c1OC. The van der Waals surface area contributed by atoms with Gasteiger partial charge >= 0.3 is 12.0 Å². The predicted octanol–water partition coefficient (Wildman–Crippen LogP) is 0.421. The van der Waals surface area contributed by atoms with Crippen LogP contribution in [0.4, 0.5) is 4.79 Å². The van der Waals surface area contributed by atoms with Gasteiger partial charge in [-0.15, -0.1) is 0 Å². The van der Waals surface area contributed by atoms with Crippen molar-refractivity contribution in [1.29, 1.82) is 0 Å². The molecule has 0 saturated carbocycles. The van der Waals surface area contributed by atoms with Gasteiger partial charge in [-0.05, 0) is 12.1 Å². The zero-order valence-corrected chi connectivity index (χ0v) is 13.6. The van der Waals surface area contributed by atoms with Gasteiger partial charge in [0.2, 0.25) is 5.75 Å². The zero-order valence-electron chi connectivity index (χ0n) is 13.6. The highest BCUT2D eigenvalue weighted by Gasteiger charge is 2.28. The maximum absolute atomic E-state index is 12.2. The van der Waals surface area contributed by atoms with Gasteiger partial charge < -0.3 is 24.3 Å². The largest absolute Gasteiger partial charge is 0.493 e. The topological polar surface area (TPSA) is 103 Å². The molecule has 1 aromatic carbocycles. The zero-order chi connectivity index (χ0) is 17.7. The van der Waals surface area contributed by atoms with Crippen LogP contribution in [0, 0.1) is 0 Å². The van der Waals surface area contributed by atoms with Crippen LogP contribution in [-0.2, 0) is 9.53 Å². The van der Waals surface area contributed by atoms with Crippen LogP contribution in [0.5, 0.6) is 17.2 Å². The lowest BCUT2D eigenvalue weighted by atomic mass is 10.1. The summed E-state index contributed by atoms with van der Waals surface area (Å²) in [5, 5.41) is 2.49. The fraction of sp³-hybridized carbons (Fsp3) is 0.400. The van der Waals surface area contributed by atoms with E-state index in [1.807, 2.05) is 0 Å². The lowest BCUT2D eigenvalue weighted by molar-refractivity contribution is -0.130. The Morgan fingerprint density at radius 3 is 2.38 bits per heavy atom. The van der Waals surface area contributed by atoms with E-state index in [-0.39, 0.29) is 23.6 Å². The van der Waals surface area contributed by atoms with Crippen LogP contribution in [0.25, 0.3) is 0 Å². The summed E-state index contributed by atoms with van der Waals surface area (Å²) in [6, 6.07) is 2.46. The van der Waals surface area contributed by atoms with Crippen LogP contribution in [-0.4, -0.2) is 63.8 Å². The van der Waals surface area contributed by atoms with Crippen molar-refractivity contribution in [3.63, 3.8) is 0 Å². The molecule has 9 nitrogen and oxygen atoms in total. The molecular formula is C15H18N2O7. The summed E-state index contributed by atoms with van der Waals surface area (Å²) in [5.74, 6) is -0.623. The minimum absolute atomic E-state index is 0.0776. The monoisotopic (exact) mass is 338 g/mol. The summed E-state index contributed by atoms with van der Waals surface area (Å²) in [5.41, 5.74) is 0.0776. The third-order valence-corrected chi connectivity index (χ3v) is 3.41. The molecule has 0 aromatic heterocycles. The van der Waals surface area contributed by atoms with Crippen molar-refractivity contribution < 1.29 is 33.3 Å². The molecule has 1 aromatic rings. The van der Waals surface area contributed by atoms with Crippen molar-refractivity contribution in [1.82, 2.24) is 10.2 Å². The van der Waals surface area contributed by atoms with Gasteiger partial charge in [-0.2, -0.15) is 0 Å². The van der Waals surface area contributed by atoms with E-state index < -0.39 is 24.5 Å². The normalized spacial score (nSPS) is 13.3. The highest BCUT2D eigenvalue weighted by atomic mass is 16.5. The number of nitrogens with one attached hydrogen (secondary N) is 1. The Hall–Kier alpha value is -2.97. The number of rotatable bonds is 6. The number of hydrogen-bond donors (Lipinski definition) is 1. The van der Waals surface area contributed by atoms with Gasteiger partial charge in [-0.25, -0.2) is 9.59 Å². The predicted molar refractivity (Wildman–Crippen MR) is 81.5 cm³/mol. The number of amides is 3. The number of methoxy groups -OCH3 is 3. The highest BCUT2D eigenvalue weighted by molar-refractivity contribution is 5.99. The summed E-state index contributed by atoms with van der Waals surface area (Å²) >= 11 is 0. The molecule has 3 amide bonds. The van der Waals surface area contributed by atoms with E-state index in [0.29, 0.717) is 12.3 Å². The molecule has 24 heavy (non-hydrogen) atoms. The average molecular weight is 338 g/mol. The molecule has 1 N–H and O–H groups in total. The first-order valence-corrected chi connectivity index (χ1v) is 7.07. The number of nitrogens with zero attached hydrogens (tertiary/aromatic N) is 1. The van der Waals surface area contributed by atoms with Gasteiger partial charge in [0.1, 0.15) is 5.56 Å². The van der Waals surface area contributed by atoms with Gasteiger partial charge in [0.25, 0.3) is 5.91 Å². The van der Waals surface area contributed by atoms with E-state index in [9.17, 15) is 14.4 Å². The number of carbonyl (C=O) groups excluding carboxylic acids is 3. The smallest absolute Gasteiger partial charge is 0.342 e. The molecule has 1 saturated heterocycles. The van der Waals surface area contributed by atoms with Crippen molar-refractivity contribution in [3.05, 3.63) is 17.7 Å². The van der Waals surface area contributed by atoms with Crippen molar-refractivity contribution in [2.45, 2.75) is 0 Å². The Balaban J connectivity index is 2.12. The third-order valence-electron chi connectivity index (χ3n) is 3.41. The number of carbonyl (C=O) groups is 3. The quantitative estimate of drug-likeness (QED) is 0.750. The van der Waals surface area contributed by atoms with E-state index in [1.165, 1.54) is 33.5 Å². The summed E-state index contributed by atoms with van der Waals surface area (Å²) < 4.78 is 20.5. The molecule has 0 radical (unpaired) electrons. The molecule has 0 spiro atoms. The van der Waals surface area contributed by atoms with E-state index in [4.69, 9.17) is 18.9 Å². The Labute approximate surface area is 138 Å². The second kappa shape index (κ2) is 7.53. The minimum atomic E-state index is -0.777. The fourth-order valence-electron chi connectivity index (χ4n) is 2.25. The van der Waals surface area contributed by atoms with Crippen molar-refractivity contribution in [2.24, 2.45) is 0 Å². The van der Waals surface area contributed by atoms with Crippen molar-refractivity contribution in [3.8, 4) is 17.2 Å². The molecule has 1 aliphatic rings. The van der Waals surface area contributed by atoms with Gasteiger partial charge in [-0.3, -0.25) is 9.69 Å². The third kappa shape index (κ3) is 3.34. The summed E-state index contributed by atoms with van der Waals surface area (Å²) in [6.45, 7) is 0.0701. The highest BCUT2D eigenvalue weighted by Crippen LogP contribution is 2.39. The number of benzene rings is 1. The van der Waals surface area contributed by atoms with Crippen LogP contribution < -0.4 is 19.5 Å². The maximum atomic E-state index is 12.2. The summed E-state index contributed by atoms with van der Waals surface area (Å²) in [7, 11) is 4.23. The standard InChI is InChI=1S/C15H18N2O7/c1-21-10-5-4-9(12(22-2)13(10)23-3)14(19)24-8-11(18)17-7-6-16-15(17)20/h4-5H,6-8H2,1-3H3,(H,16,20). The van der Waals surface area contributed by atoms with Gasteiger partial charge in [-0.1, -0.05) is 0 Å². The molecule has 1 heterocycles. The van der Waals surface area contributed by atoms with Crippen LogP contribution >= 0.6 is 0 Å². The summed E-state index contributed by atoms with van der Waals surface area (Å²) in [4.78, 5) is 36.5. The number of esters is 1. The second-order valence-corrected chi connectivity index (χ2v) is 4.74. The van der Waals surface area contributed by atoms with Gasteiger partial charge in [0.05, 0.1) is 21.3 Å². The van der Waals surface area contributed by atoms with Crippen LogP contribution in [0.3, 0.4) is 0 Å². The molecule has 130 valence electrons. The van der Waals surface area contributed by atoms with E-state index in [1.54, 1.807) is 0 Å². The summed E-state index contributed by atoms with van der Waals surface area (Å²) in [6.07, 6.45) is 0. The first-order valence-electron chi connectivity index (χ1n) is 7.07. The van der Waals surface area contributed by atoms with E-state index in [0.717, 1.165) is 4.90 Å². The maximum Gasteiger partial charge on any atom is 0.342 e. The van der Waals surface area contributed by atoms with Crippen molar-refractivity contribution in [2.75, 3.05) is 41.0 Å². The van der Waals surface area contributed by atoms with Gasteiger partial charge in [0, 0.05) is 13.1 Å². The first kappa shape index (κ1) is 17.4. The minimum Gasteiger partial charge on any atom is -0.493 e. The molecule has 9 heteroatoms. The molecule has 0 bridgehead atoms.